The molecule has 1 atom stereocenters. The molecule has 1 amide bonds. The second-order valence-electron chi connectivity index (χ2n) is 7.58. The summed E-state index contributed by atoms with van der Waals surface area (Å²) in [5.41, 5.74) is 1.63. The minimum Gasteiger partial charge on any atom is -0.325 e. The molecule has 0 saturated carbocycles. The topological polar surface area (TPSA) is 89.8 Å². The van der Waals surface area contributed by atoms with Crippen molar-refractivity contribution in [2.45, 2.75) is 43.6 Å². The van der Waals surface area contributed by atoms with Crippen molar-refractivity contribution in [3.05, 3.63) is 65.7 Å². The molecular formula is C21H23N5O2S. The molecule has 0 aliphatic rings. The van der Waals surface area contributed by atoms with Crippen molar-refractivity contribution in [1.82, 2.24) is 20.2 Å². The van der Waals surface area contributed by atoms with E-state index in [2.05, 4.69) is 20.8 Å². The molecule has 3 aromatic rings. The van der Waals surface area contributed by atoms with Crippen LogP contribution >= 0.6 is 11.8 Å². The fourth-order valence-corrected chi connectivity index (χ4v) is 3.87. The maximum Gasteiger partial charge on any atom is 0.242 e. The SMILES string of the molecule is CC(=O)c1cccc(NC(=O)C(Sc2nnnn2C(C)(C)C)c2ccccc2)c1. The Hall–Kier alpha value is -3.00. The van der Waals surface area contributed by atoms with Gasteiger partial charge in [-0.1, -0.05) is 54.2 Å². The molecule has 0 spiro atoms. The number of aromatic nitrogens is 4. The van der Waals surface area contributed by atoms with Crippen LogP contribution in [0.3, 0.4) is 0 Å². The van der Waals surface area contributed by atoms with Crippen LogP contribution in [0.15, 0.2) is 59.8 Å². The number of Topliss-reactive ketones (excluding diaryl/α,β-unsaturated/α-hetero) is 1. The van der Waals surface area contributed by atoms with Gasteiger partial charge in [0.15, 0.2) is 5.78 Å². The van der Waals surface area contributed by atoms with Gasteiger partial charge in [0.25, 0.3) is 0 Å². The molecular weight excluding hydrogens is 386 g/mol. The van der Waals surface area contributed by atoms with Crippen molar-refractivity contribution in [2.24, 2.45) is 0 Å². The zero-order chi connectivity index (χ0) is 21.0. The minimum absolute atomic E-state index is 0.0561. The number of ketones is 1. The summed E-state index contributed by atoms with van der Waals surface area (Å²) in [7, 11) is 0. The molecule has 7 nitrogen and oxygen atoms in total. The molecule has 0 bridgehead atoms. The van der Waals surface area contributed by atoms with Gasteiger partial charge in [-0.15, -0.1) is 5.10 Å². The lowest BCUT2D eigenvalue weighted by Crippen LogP contribution is -2.25. The van der Waals surface area contributed by atoms with Gasteiger partial charge in [-0.3, -0.25) is 9.59 Å². The maximum atomic E-state index is 13.2. The van der Waals surface area contributed by atoms with Crippen molar-refractivity contribution >= 4 is 29.1 Å². The van der Waals surface area contributed by atoms with E-state index < -0.39 is 5.25 Å². The number of nitrogens with one attached hydrogen (secondary N) is 1. The number of hydrogen-bond donors (Lipinski definition) is 1. The number of nitrogens with zero attached hydrogens (tertiary/aromatic N) is 4. The zero-order valence-corrected chi connectivity index (χ0v) is 17.6. The summed E-state index contributed by atoms with van der Waals surface area (Å²) < 4.78 is 1.71. The van der Waals surface area contributed by atoms with E-state index in [1.165, 1.54) is 18.7 Å². The summed E-state index contributed by atoms with van der Waals surface area (Å²) >= 11 is 1.29. The van der Waals surface area contributed by atoms with Gasteiger partial charge >= 0.3 is 0 Å². The highest BCUT2D eigenvalue weighted by molar-refractivity contribution is 8.00. The quantitative estimate of drug-likeness (QED) is 0.487. The predicted octanol–water partition coefficient (Wildman–Crippen LogP) is 4.10. The summed E-state index contributed by atoms with van der Waals surface area (Å²) in [5, 5.41) is 14.9. The molecule has 1 aromatic heterocycles. The lowest BCUT2D eigenvalue weighted by atomic mass is 10.1. The molecule has 0 fully saturated rings. The third-order valence-corrected chi connectivity index (χ3v) is 5.36. The van der Waals surface area contributed by atoms with Gasteiger partial charge in [0.05, 0.1) is 5.54 Å². The fraction of sp³-hybridized carbons (Fsp3) is 0.286. The molecule has 2 aromatic carbocycles. The first-order valence-corrected chi connectivity index (χ1v) is 10.1. The standard InChI is InChI=1S/C21H23N5O2S/c1-14(27)16-11-8-12-17(13-16)22-19(28)18(15-9-6-5-7-10-15)29-20-23-24-25-26(20)21(2,3)4/h5-13,18H,1-4H3,(H,22,28). The predicted molar refractivity (Wildman–Crippen MR) is 113 cm³/mol. The van der Waals surface area contributed by atoms with Crippen LogP contribution in [0.1, 0.15) is 48.9 Å². The number of rotatable bonds is 6. The molecule has 0 radical (unpaired) electrons. The molecule has 29 heavy (non-hydrogen) atoms. The number of tetrazole rings is 1. The van der Waals surface area contributed by atoms with Gasteiger partial charge in [0.2, 0.25) is 11.1 Å². The molecule has 150 valence electrons. The highest BCUT2D eigenvalue weighted by atomic mass is 32.2. The average molecular weight is 410 g/mol. The molecule has 1 N–H and O–H groups in total. The van der Waals surface area contributed by atoms with E-state index >= 15 is 0 Å². The van der Waals surface area contributed by atoms with Crippen LogP contribution in [0.4, 0.5) is 5.69 Å². The highest BCUT2D eigenvalue weighted by Gasteiger charge is 2.28. The molecule has 0 saturated heterocycles. The summed E-state index contributed by atoms with van der Waals surface area (Å²) in [5.74, 6) is -0.273. The average Bonchev–Trinajstić information content (AvgIpc) is 3.16. The van der Waals surface area contributed by atoms with Crippen LogP contribution in [0.2, 0.25) is 0 Å². The van der Waals surface area contributed by atoms with Gasteiger partial charge in [0.1, 0.15) is 5.25 Å². The highest BCUT2D eigenvalue weighted by Crippen LogP contribution is 2.36. The smallest absolute Gasteiger partial charge is 0.242 e. The second-order valence-corrected chi connectivity index (χ2v) is 8.65. The lowest BCUT2D eigenvalue weighted by molar-refractivity contribution is -0.115. The summed E-state index contributed by atoms with van der Waals surface area (Å²) in [6.45, 7) is 7.49. The normalized spacial score (nSPS) is 12.4. The summed E-state index contributed by atoms with van der Waals surface area (Å²) in [6, 6.07) is 16.4. The first-order chi connectivity index (χ1) is 13.8. The summed E-state index contributed by atoms with van der Waals surface area (Å²) in [6.07, 6.45) is 0. The number of thioether (sulfide) groups is 1. The molecule has 0 aliphatic heterocycles. The first kappa shape index (κ1) is 20.7. The third-order valence-electron chi connectivity index (χ3n) is 4.18. The van der Waals surface area contributed by atoms with Crippen LogP contribution in [-0.4, -0.2) is 31.9 Å². The van der Waals surface area contributed by atoms with Crippen LogP contribution in [-0.2, 0) is 10.3 Å². The van der Waals surface area contributed by atoms with Crippen molar-refractivity contribution in [3.8, 4) is 0 Å². The van der Waals surface area contributed by atoms with Crippen molar-refractivity contribution in [1.29, 1.82) is 0 Å². The molecule has 0 aliphatic carbocycles. The van der Waals surface area contributed by atoms with Crippen LogP contribution < -0.4 is 5.32 Å². The monoisotopic (exact) mass is 409 g/mol. The Morgan fingerprint density at radius 3 is 2.45 bits per heavy atom. The second kappa shape index (κ2) is 8.57. The molecule has 3 rings (SSSR count). The Kier molecular flexibility index (Phi) is 6.12. The fourth-order valence-electron chi connectivity index (χ4n) is 2.70. The summed E-state index contributed by atoms with van der Waals surface area (Å²) in [4.78, 5) is 24.8. The molecule has 1 unspecified atom stereocenters. The Balaban J connectivity index is 1.91. The van der Waals surface area contributed by atoms with E-state index in [9.17, 15) is 9.59 Å². The Labute approximate surface area is 173 Å². The van der Waals surface area contributed by atoms with E-state index in [1.807, 2.05) is 51.1 Å². The minimum atomic E-state index is -0.565. The molecule has 8 heteroatoms. The van der Waals surface area contributed by atoms with Gasteiger partial charge < -0.3 is 5.32 Å². The third kappa shape index (κ3) is 5.08. The largest absolute Gasteiger partial charge is 0.325 e. The van der Waals surface area contributed by atoms with E-state index in [-0.39, 0.29) is 17.2 Å². The van der Waals surface area contributed by atoms with Crippen molar-refractivity contribution < 1.29 is 9.59 Å². The van der Waals surface area contributed by atoms with E-state index in [1.54, 1.807) is 28.9 Å². The number of hydrogen-bond acceptors (Lipinski definition) is 6. The Morgan fingerprint density at radius 2 is 1.79 bits per heavy atom. The van der Waals surface area contributed by atoms with Crippen LogP contribution in [0, 0.1) is 0 Å². The maximum absolute atomic E-state index is 13.2. The van der Waals surface area contributed by atoms with Crippen LogP contribution in [0.5, 0.6) is 0 Å². The Morgan fingerprint density at radius 1 is 1.07 bits per heavy atom. The number of carbonyl (C=O) groups is 2. The van der Waals surface area contributed by atoms with Crippen molar-refractivity contribution in [2.75, 3.05) is 5.32 Å². The van der Waals surface area contributed by atoms with E-state index in [4.69, 9.17) is 0 Å². The Bertz CT molecular complexity index is 1010. The zero-order valence-electron chi connectivity index (χ0n) is 16.8. The number of amides is 1. The van der Waals surface area contributed by atoms with Gasteiger partial charge in [-0.05, 0) is 55.8 Å². The van der Waals surface area contributed by atoms with Crippen molar-refractivity contribution in [3.63, 3.8) is 0 Å². The number of anilines is 1. The van der Waals surface area contributed by atoms with E-state index in [0.717, 1.165) is 5.56 Å². The first-order valence-electron chi connectivity index (χ1n) is 9.18. The molecule has 1 heterocycles. The van der Waals surface area contributed by atoms with Gasteiger partial charge in [-0.25, -0.2) is 4.68 Å². The van der Waals surface area contributed by atoms with E-state index in [0.29, 0.717) is 16.4 Å². The van der Waals surface area contributed by atoms with Gasteiger partial charge in [0, 0.05) is 11.3 Å². The number of benzene rings is 2. The number of carbonyl (C=O) groups excluding carboxylic acids is 2. The lowest BCUT2D eigenvalue weighted by Gasteiger charge is -2.22. The van der Waals surface area contributed by atoms with Crippen LogP contribution in [0.25, 0.3) is 0 Å². The van der Waals surface area contributed by atoms with Gasteiger partial charge in [-0.2, -0.15) is 0 Å².